The number of hydrogen-bond acceptors (Lipinski definition) is 7. The number of rotatable bonds is 9. The molecule has 0 saturated carbocycles. The number of para-hydroxylation sites is 1. The number of nitrogens with zero attached hydrogens (tertiary/aromatic N) is 5. The number of aromatic nitrogens is 4. The maximum Gasteiger partial charge on any atom is 0.249 e. The van der Waals surface area contributed by atoms with Gasteiger partial charge in [0.05, 0.1) is 5.52 Å². The fourth-order valence-corrected chi connectivity index (χ4v) is 4.39. The van der Waals surface area contributed by atoms with Crippen LogP contribution in [0.1, 0.15) is 31.9 Å². The molecule has 196 valence electrons. The number of pyridine rings is 1. The van der Waals surface area contributed by atoms with Crippen LogP contribution in [0.2, 0.25) is 0 Å². The molecule has 0 saturated heterocycles. The van der Waals surface area contributed by atoms with Crippen LogP contribution in [-0.4, -0.2) is 51.6 Å². The van der Waals surface area contributed by atoms with E-state index in [-0.39, 0.29) is 18.4 Å². The summed E-state index contributed by atoms with van der Waals surface area (Å²) in [6, 6.07) is 15.2. The van der Waals surface area contributed by atoms with Crippen molar-refractivity contribution in [3.05, 3.63) is 72.6 Å². The van der Waals surface area contributed by atoms with E-state index in [1.165, 1.54) is 4.90 Å². The summed E-state index contributed by atoms with van der Waals surface area (Å²) in [4.78, 5) is 33.5. The van der Waals surface area contributed by atoms with Crippen LogP contribution in [0.5, 0.6) is 11.5 Å². The summed E-state index contributed by atoms with van der Waals surface area (Å²) in [5.41, 5.74) is 2.49. The van der Waals surface area contributed by atoms with E-state index < -0.39 is 6.04 Å². The van der Waals surface area contributed by atoms with Gasteiger partial charge in [0.2, 0.25) is 11.8 Å². The second-order valence-electron chi connectivity index (χ2n) is 9.49. The minimum atomic E-state index is -0.972. The summed E-state index contributed by atoms with van der Waals surface area (Å²) in [6.07, 6.45) is 4.05. The summed E-state index contributed by atoms with van der Waals surface area (Å²) < 4.78 is 13.0. The van der Waals surface area contributed by atoms with Crippen molar-refractivity contribution >= 4 is 28.5 Å². The second-order valence-corrected chi connectivity index (χ2v) is 9.49. The van der Waals surface area contributed by atoms with Gasteiger partial charge in [-0.15, -0.1) is 5.10 Å². The maximum absolute atomic E-state index is 14.1. The van der Waals surface area contributed by atoms with E-state index in [1.807, 2.05) is 24.3 Å². The van der Waals surface area contributed by atoms with Crippen molar-refractivity contribution in [3.63, 3.8) is 0 Å². The maximum atomic E-state index is 14.1. The molecular weight excluding hydrogens is 484 g/mol. The van der Waals surface area contributed by atoms with E-state index >= 15 is 0 Å². The summed E-state index contributed by atoms with van der Waals surface area (Å²) >= 11 is 0. The summed E-state index contributed by atoms with van der Waals surface area (Å²) in [5, 5.41) is 11.4. The number of ether oxygens (including phenoxy) is 2. The van der Waals surface area contributed by atoms with Crippen LogP contribution in [-0.2, 0) is 16.1 Å². The van der Waals surface area contributed by atoms with Crippen molar-refractivity contribution < 1.29 is 19.1 Å². The third-order valence-corrected chi connectivity index (χ3v) is 6.31. The molecule has 0 aliphatic carbocycles. The van der Waals surface area contributed by atoms with E-state index in [1.54, 1.807) is 47.4 Å². The predicted molar refractivity (Wildman–Crippen MR) is 142 cm³/mol. The van der Waals surface area contributed by atoms with Crippen LogP contribution < -0.4 is 19.7 Å². The van der Waals surface area contributed by atoms with Gasteiger partial charge < -0.3 is 14.8 Å². The number of carbonyl (C=O) groups is 2. The molecule has 1 aliphatic heterocycles. The summed E-state index contributed by atoms with van der Waals surface area (Å²) in [6.45, 7) is 5.41. The number of amides is 2. The molecule has 0 radical (unpaired) electrons. The highest BCUT2D eigenvalue weighted by Crippen LogP contribution is 2.37. The average Bonchev–Trinajstić information content (AvgIpc) is 3.34. The molecule has 0 spiro atoms. The molecule has 3 heterocycles. The Kier molecular flexibility index (Phi) is 7.48. The first kappa shape index (κ1) is 25.2. The van der Waals surface area contributed by atoms with E-state index in [0.717, 1.165) is 11.9 Å². The van der Waals surface area contributed by atoms with Gasteiger partial charge in [0.15, 0.2) is 11.5 Å². The van der Waals surface area contributed by atoms with E-state index in [4.69, 9.17) is 9.47 Å². The van der Waals surface area contributed by atoms with E-state index in [0.29, 0.717) is 53.9 Å². The third-order valence-electron chi connectivity index (χ3n) is 6.31. The van der Waals surface area contributed by atoms with Gasteiger partial charge in [-0.05, 0) is 42.7 Å². The number of fused-ring (bicyclic) bond motifs is 2. The van der Waals surface area contributed by atoms with Crippen LogP contribution in [0.25, 0.3) is 11.0 Å². The lowest BCUT2D eigenvalue weighted by Gasteiger charge is -2.32. The number of anilines is 1. The minimum Gasteiger partial charge on any atom is -0.486 e. The van der Waals surface area contributed by atoms with Gasteiger partial charge in [0.1, 0.15) is 31.3 Å². The van der Waals surface area contributed by atoms with Crippen molar-refractivity contribution in [1.82, 2.24) is 25.3 Å². The lowest BCUT2D eigenvalue weighted by atomic mass is 10.0. The molecular formula is C28H30N6O4. The topological polar surface area (TPSA) is 111 Å². The van der Waals surface area contributed by atoms with Gasteiger partial charge in [0.25, 0.3) is 0 Å². The molecule has 4 aromatic rings. The highest BCUT2D eigenvalue weighted by molar-refractivity contribution is 6.01. The Labute approximate surface area is 220 Å². The summed E-state index contributed by atoms with van der Waals surface area (Å²) in [5.74, 6) is 0.885. The highest BCUT2D eigenvalue weighted by Gasteiger charge is 2.34. The van der Waals surface area contributed by atoms with Gasteiger partial charge in [-0.2, -0.15) is 0 Å². The van der Waals surface area contributed by atoms with Gasteiger partial charge in [-0.25, -0.2) is 4.68 Å². The van der Waals surface area contributed by atoms with Gasteiger partial charge in [-0.1, -0.05) is 37.3 Å². The SMILES string of the molecule is CC(C)CCNC(=O)[C@H](c1cccnc1)N(C(=O)Cn1nnc2ccccc21)c1ccc2c(c1)OCCO2. The van der Waals surface area contributed by atoms with Gasteiger partial charge in [0, 0.05) is 36.3 Å². The van der Waals surface area contributed by atoms with Crippen LogP contribution in [0.3, 0.4) is 0 Å². The normalized spacial score (nSPS) is 13.3. The zero-order chi connectivity index (χ0) is 26.5. The van der Waals surface area contributed by atoms with Gasteiger partial charge in [-0.3, -0.25) is 19.5 Å². The molecule has 5 rings (SSSR count). The zero-order valence-electron chi connectivity index (χ0n) is 21.4. The molecule has 0 unspecified atom stereocenters. The first-order valence-corrected chi connectivity index (χ1v) is 12.7. The molecule has 1 atom stereocenters. The Morgan fingerprint density at radius 3 is 2.66 bits per heavy atom. The van der Waals surface area contributed by atoms with Crippen LogP contribution >= 0.6 is 0 Å². The molecule has 0 bridgehead atoms. The fraction of sp³-hybridized carbons (Fsp3) is 0.321. The molecule has 2 aromatic carbocycles. The fourth-order valence-electron chi connectivity index (χ4n) is 4.39. The van der Waals surface area contributed by atoms with Crippen molar-refractivity contribution in [2.75, 3.05) is 24.7 Å². The zero-order valence-corrected chi connectivity index (χ0v) is 21.4. The van der Waals surface area contributed by atoms with Crippen molar-refractivity contribution in [2.24, 2.45) is 5.92 Å². The molecule has 38 heavy (non-hydrogen) atoms. The molecule has 10 nitrogen and oxygen atoms in total. The Morgan fingerprint density at radius 2 is 1.87 bits per heavy atom. The molecule has 0 fully saturated rings. The molecule has 10 heteroatoms. The van der Waals surface area contributed by atoms with E-state index in [2.05, 4.69) is 34.5 Å². The number of carbonyl (C=O) groups excluding carboxylic acids is 2. The van der Waals surface area contributed by atoms with Crippen molar-refractivity contribution in [1.29, 1.82) is 0 Å². The van der Waals surface area contributed by atoms with Crippen molar-refractivity contribution in [3.8, 4) is 11.5 Å². The average molecular weight is 515 g/mol. The van der Waals surface area contributed by atoms with Crippen molar-refractivity contribution in [2.45, 2.75) is 32.9 Å². The Bertz CT molecular complexity index is 1420. The van der Waals surface area contributed by atoms with E-state index in [9.17, 15) is 9.59 Å². The number of nitrogens with one attached hydrogen (secondary N) is 1. The third kappa shape index (κ3) is 5.44. The smallest absolute Gasteiger partial charge is 0.249 e. The Hall–Kier alpha value is -4.47. The summed E-state index contributed by atoms with van der Waals surface area (Å²) in [7, 11) is 0. The first-order valence-electron chi connectivity index (χ1n) is 12.7. The monoisotopic (exact) mass is 514 g/mol. The molecule has 2 amide bonds. The number of hydrogen-bond donors (Lipinski definition) is 1. The largest absolute Gasteiger partial charge is 0.486 e. The quantitative estimate of drug-likeness (QED) is 0.364. The molecule has 2 aromatic heterocycles. The minimum absolute atomic E-state index is 0.120. The Morgan fingerprint density at radius 1 is 1.05 bits per heavy atom. The van der Waals surface area contributed by atoms with Crippen LogP contribution in [0, 0.1) is 5.92 Å². The number of benzene rings is 2. The Balaban J connectivity index is 1.56. The van der Waals surface area contributed by atoms with Crippen LogP contribution in [0.4, 0.5) is 5.69 Å². The predicted octanol–water partition coefficient (Wildman–Crippen LogP) is 3.53. The first-order chi connectivity index (χ1) is 18.5. The lowest BCUT2D eigenvalue weighted by molar-refractivity contribution is -0.127. The molecule has 1 aliphatic rings. The van der Waals surface area contributed by atoms with Crippen LogP contribution in [0.15, 0.2) is 67.0 Å². The standard InChI is InChI=1S/C28H30N6O4/c1-19(2)11-13-30-28(36)27(20-6-5-12-29-17-20)34(21-9-10-24-25(16-21)38-15-14-37-24)26(35)18-33-23-8-4-3-7-22(23)31-32-33/h3-10,12,16-17,19,27H,11,13-15,18H2,1-2H3,(H,30,36)/t27-/m0/s1. The highest BCUT2D eigenvalue weighted by atomic mass is 16.6. The molecule has 1 N–H and O–H groups in total. The lowest BCUT2D eigenvalue weighted by Crippen LogP contribution is -2.45. The van der Waals surface area contributed by atoms with Gasteiger partial charge >= 0.3 is 0 Å². The second kappa shape index (κ2) is 11.3.